The number of rotatable bonds is 3. The van der Waals surface area contributed by atoms with Crippen LogP contribution in [0.25, 0.3) is 0 Å². The first-order valence-electron chi connectivity index (χ1n) is 6.11. The molecule has 0 spiro atoms. The summed E-state index contributed by atoms with van der Waals surface area (Å²) in [7, 11) is 1.90. The molecule has 2 rings (SSSR count). The van der Waals surface area contributed by atoms with Crippen LogP contribution in [0.2, 0.25) is 0 Å². The monoisotopic (exact) mass is 233 g/mol. The molecule has 1 atom stereocenters. The predicted molar refractivity (Wildman–Crippen MR) is 67.1 cm³/mol. The number of fused-ring (bicyclic) bond motifs is 1. The average Bonchev–Trinajstić information content (AvgIpc) is 2.36. The third kappa shape index (κ3) is 1.95. The van der Waals surface area contributed by atoms with E-state index in [2.05, 4.69) is 12.1 Å². The first-order valence-corrected chi connectivity index (χ1v) is 6.11. The van der Waals surface area contributed by atoms with Gasteiger partial charge in [0.15, 0.2) is 0 Å². The van der Waals surface area contributed by atoms with Gasteiger partial charge in [-0.2, -0.15) is 0 Å². The molecule has 17 heavy (non-hydrogen) atoms. The summed E-state index contributed by atoms with van der Waals surface area (Å²) in [5.74, 6) is -0.698. The zero-order valence-corrected chi connectivity index (χ0v) is 10.4. The van der Waals surface area contributed by atoms with Gasteiger partial charge < -0.3 is 5.11 Å². The summed E-state index contributed by atoms with van der Waals surface area (Å²) in [6, 6.07) is 8.17. The van der Waals surface area contributed by atoms with Gasteiger partial charge >= 0.3 is 5.97 Å². The van der Waals surface area contributed by atoms with Crippen LogP contribution in [0, 0.1) is 0 Å². The summed E-state index contributed by atoms with van der Waals surface area (Å²) < 4.78 is 0. The van der Waals surface area contributed by atoms with Gasteiger partial charge in [-0.1, -0.05) is 31.2 Å². The number of carboxylic acids is 1. The van der Waals surface area contributed by atoms with Crippen molar-refractivity contribution in [3.8, 4) is 0 Å². The molecule has 1 N–H and O–H groups in total. The van der Waals surface area contributed by atoms with Crippen LogP contribution in [0.15, 0.2) is 24.3 Å². The van der Waals surface area contributed by atoms with Crippen LogP contribution in [0.3, 0.4) is 0 Å². The van der Waals surface area contributed by atoms with E-state index in [9.17, 15) is 9.90 Å². The highest BCUT2D eigenvalue weighted by atomic mass is 16.4. The summed E-state index contributed by atoms with van der Waals surface area (Å²) >= 11 is 0. The van der Waals surface area contributed by atoms with Crippen molar-refractivity contribution in [1.82, 2.24) is 4.90 Å². The minimum Gasteiger partial charge on any atom is -0.480 e. The lowest BCUT2D eigenvalue weighted by Crippen LogP contribution is -2.56. The molecule has 92 valence electrons. The highest BCUT2D eigenvalue weighted by molar-refractivity contribution is 5.80. The van der Waals surface area contributed by atoms with Gasteiger partial charge in [0, 0.05) is 6.42 Å². The molecule has 0 bridgehead atoms. The van der Waals surface area contributed by atoms with Crippen LogP contribution in [0.4, 0.5) is 0 Å². The van der Waals surface area contributed by atoms with Gasteiger partial charge in [0.2, 0.25) is 0 Å². The van der Waals surface area contributed by atoms with Crippen molar-refractivity contribution in [1.29, 1.82) is 0 Å². The van der Waals surface area contributed by atoms with E-state index in [0.29, 0.717) is 12.8 Å². The zero-order valence-electron chi connectivity index (χ0n) is 10.4. The Morgan fingerprint density at radius 2 is 2.06 bits per heavy atom. The fourth-order valence-corrected chi connectivity index (χ4v) is 2.69. The van der Waals surface area contributed by atoms with Gasteiger partial charge in [0.1, 0.15) is 5.54 Å². The molecular formula is C14H19NO2. The molecule has 1 aliphatic carbocycles. The smallest absolute Gasteiger partial charge is 0.324 e. The van der Waals surface area contributed by atoms with Gasteiger partial charge in [-0.3, -0.25) is 9.69 Å². The number of nitrogens with zero attached hydrogens (tertiary/aromatic N) is 1. The Balaban J connectivity index is 2.37. The first kappa shape index (κ1) is 12.1. The van der Waals surface area contributed by atoms with Crippen LogP contribution in [-0.4, -0.2) is 35.1 Å². The minimum absolute atomic E-state index is 0.614. The van der Waals surface area contributed by atoms with Crippen molar-refractivity contribution in [2.24, 2.45) is 0 Å². The quantitative estimate of drug-likeness (QED) is 0.867. The van der Waals surface area contributed by atoms with E-state index in [0.717, 1.165) is 13.0 Å². The van der Waals surface area contributed by atoms with E-state index in [-0.39, 0.29) is 0 Å². The lowest BCUT2D eigenvalue weighted by molar-refractivity contribution is -0.151. The number of hydrogen-bond donors (Lipinski definition) is 1. The summed E-state index contributed by atoms with van der Waals surface area (Å²) in [6.45, 7) is 2.76. The first-order chi connectivity index (χ1) is 8.10. The van der Waals surface area contributed by atoms with Gasteiger partial charge in [-0.25, -0.2) is 0 Å². The second kappa shape index (κ2) is 4.49. The molecule has 1 unspecified atom stereocenters. The Kier molecular flexibility index (Phi) is 3.20. The Morgan fingerprint density at radius 1 is 1.41 bits per heavy atom. The van der Waals surface area contributed by atoms with E-state index in [1.807, 2.05) is 31.0 Å². The molecule has 3 heteroatoms. The molecule has 0 saturated carbocycles. The highest BCUT2D eigenvalue weighted by Gasteiger charge is 2.44. The SMILES string of the molecule is CCN(C)C1(C(=O)O)CCc2ccccc2C1. The van der Waals surface area contributed by atoms with E-state index in [4.69, 9.17) is 0 Å². The lowest BCUT2D eigenvalue weighted by atomic mass is 9.77. The van der Waals surface area contributed by atoms with Crippen molar-refractivity contribution in [3.63, 3.8) is 0 Å². The van der Waals surface area contributed by atoms with Crippen LogP contribution in [-0.2, 0) is 17.6 Å². The second-order valence-corrected chi connectivity index (χ2v) is 4.80. The average molecular weight is 233 g/mol. The second-order valence-electron chi connectivity index (χ2n) is 4.80. The van der Waals surface area contributed by atoms with Crippen molar-refractivity contribution in [2.75, 3.05) is 13.6 Å². The Morgan fingerprint density at radius 3 is 2.65 bits per heavy atom. The molecule has 1 aromatic carbocycles. The summed E-state index contributed by atoms with van der Waals surface area (Å²) in [4.78, 5) is 13.6. The summed E-state index contributed by atoms with van der Waals surface area (Å²) in [5.41, 5.74) is 1.76. The number of carboxylic acid groups (broad SMARTS) is 1. The number of aryl methyl sites for hydroxylation is 1. The number of aliphatic carboxylic acids is 1. The highest BCUT2D eigenvalue weighted by Crippen LogP contribution is 2.32. The molecule has 0 fully saturated rings. The Hall–Kier alpha value is -1.35. The maximum Gasteiger partial charge on any atom is 0.324 e. The van der Waals surface area contributed by atoms with Crippen LogP contribution in [0.5, 0.6) is 0 Å². The molecular weight excluding hydrogens is 214 g/mol. The van der Waals surface area contributed by atoms with Gasteiger partial charge in [0.05, 0.1) is 0 Å². The molecule has 1 aliphatic rings. The zero-order chi connectivity index (χ0) is 12.5. The van der Waals surface area contributed by atoms with E-state index >= 15 is 0 Å². The summed E-state index contributed by atoms with van der Waals surface area (Å²) in [6.07, 6.45) is 2.17. The van der Waals surface area contributed by atoms with Gasteiger partial charge in [-0.15, -0.1) is 0 Å². The third-order valence-electron chi connectivity index (χ3n) is 4.01. The Bertz CT molecular complexity index is 430. The van der Waals surface area contributed by atoms with Crippen molar-refractivity contribution in [2.45, 2.75) is 31.7 Å². The fraction of sp³-hybridized carbons (Fsp3) is 0.500. The van der Waals surface area contributed by atoms with Crippen molar-refractivity contribution >= 4 is 5.97 Å². The predicted octanol–water partition coefficient (Wildman–Crippen LogP) is 1.95. The molecule has 0 amide bonds. The van der Waals surface area contributed by atoms with Crippen molar-refractivity contribution < 1.29 is 9.90 Å². The van der Waals surface area contributed by atoms with Crippen LogP contribution in [0.1, 0.15) is 24.5 Å². The van der Waals surface area contributed by atoms with E-state index < -0.39 is 11.5 Å². The number of likely N-dealkylation sites (N-methyl/N-ethyl adjacent to an activating group) is 1. The summed E-state index contributed by atoms with van der Waals surface area (Å²) in [5, 5.41) is 9.57. The van der Waals surface area contributed by atoms with Gasteiger partial charge in [0.25, 0.3) is 0 Å². The molecule has 1 aromatic rings. The molecule has 0 saturated heterocycles. The van der Waals surface area contributed by atoms with Gasteiger partial charge in [-0.05, 0) is 37.6 Å². The fourth-order valence-electron chi connectivity index (χ4n) is 2.69. The number of carbonyl (C=O) groups is 1. The number of benzene rings is 1. The number of hydrogen-bond acceptors (Lipinski definition) is 2. The lowest BCUT2D eigenvalue weighted by Gasteiger charge is -2.41. The molecule has 0 radical (unpaired) electrons. The van der Waals surface area contributed by atoms with Crippen LogP contribution < -0.4 is 0 Å². The molecule has 0 aromatic heterocycles. The maximum atomic E-state index is 11.6. The largest absolute Gasteiger partial charge is 0.480 e. The standard InChI is InChI=1S/C14H19NO2/c1-3-15(2)14(13(16)17)9-8-11-6-4-5-7-12(11)10-14/h4-7H,3,8-10H2,1-2H3,(H,16,17). The van der Waals surface area contributed by atoms with E-state index in [1.54, 1.807) is 0 Å². The van der Waals surface area contributed by atoms with Crippen LogP contribution >= 0.6 is 0 Å². The van der Waals surface area contributed by atoms with E-state index in [1.165, 1.54) is 11.1 Å². The topological polar surface area (TPSA) is 40.5 Å². The minimum atomic E-state index is -0.719. The molecule has 0 aliphatic heterocycles. The molecule has 0 heterocycles. The normalized spacial score (nSPS) is 23.5. The maximum absolute atomic E-state index is 11.6. The Labute approximate surface area is 102 Å². The molecule has 3 nitrogen and oxygen atoms in total. The van der Waals surface area contributed by atoms with Crippen molar-refractivity contribution in [3.05, 3.63) is 35.4 Å². The third-order valence-corrected chi connectivity index (χ3v) is 4.01.